The zero-order valence-electron chi connectivity index (χ0n) is 10.8. The van der Waals surface area contributed by atoms with Gasteiger partial charge in [-0.1, -0.05) is 6.07 Å². The fourth-order valence-electron chi connectivity index (χ4n) is 1.85. The Balaban J connectivity index is 2.45. The summed E-state index contributed by atoms with van der Waals surface area (Å²) in [5.74, 6) is -0.618. The van der Waals surface area contributed by atoms with E-state index in [-0.39, 0.29) is 10.6 Å². The van der Waals surface area contributed by atoms with Crippen LogP contribution in [0.4, 0.5) is 10.1 Å². The van der Waals surface area contributed by atoms with Crippen LogP contribution >= 0.6 is 0 Å². The van der Waals surface area contributed by atoms with Gasteiger partial charge in [0.1, 0.15) is 10.7 Å². The van der Waals surface area contributed by atoms with Gasteiger partial charge in [-0.15, -0.1) is 0 Å². The SMILES string of the molecule is Cc1ccc(F)c(NS(=O)(=O)c2c(C)n[nH]c2C)c1. The molecule has 0 fully saturated rings. The first-order chi connectivity index (χ1) is 8.81. The number of hydrogen-bond acceptors (Lipinski definition) is 3. The van der Waals surface area contributed by atoms with Crippen LogP contribution in [-0.2, 0) is 10.0 Å². The first-order valence-electron chi connectivity index (χ1n) is 5.62. The molecule has 5 nitrogen and oxygen atoms in total. The van der Waals surface area contributed by atoms with Crippen molar-refractivity contribution >= 4 is 15.7 Å². The molecule has 0 unspecified atom stereocenters. The van der Waals surface area contributed by atoms with Gasteiger partial charge >= 0.3 is 0 Å². The third-order valence-electron chi connectivity index (χ3n) is 2.70. The van der Waals surface area contributed by atoms with Crippen LogP contribution in [0, 0.1) is 26.6 Å². The minimum absolute atomic E-state index is 0.0495. The van der Waals surface area contributed by atoms with Gasteiger partial charge in [-0.2, -0.15) is 5.10 Å². The molecule has 0 aliphatic carbocycles. The molecule has 19 heavy (non-hydrogen) atoms. The average molecular weight is 283 g/mol. The predicted molar refractivity (Wildman–Crippen MR) is 70.0 cm³/mol. The van der Waals surface area contributed by atoms with Crippen molar-refractivity contribution < 1.29 is 12.8 Å². The minimum Gasteiger partial charge on any atom is -0.281 e. The fourth-order valence-corrected chi connectivity index (χ4v) is 3.28. The number of hydrogen-bond donors (Lipinski definition) is 2. The molecular weight excluding hydrogens is 269 g/mol. The summed E-state index contributed by atoms with van der Waals surface area (Å²) in [5.41, 5.74) is 1.45. The second-order valence-electron chi connectivity index (χ2n) is 4.35. The molecular formula is C12H14FN3O2S. The maximum Gasteiger partial charge on any atom is 0.265 e. The Labute approximate surface area is 110 Å². The minimum atomic E-state index is -3.85. The van der Waals surface area contributed by atoms with Crippen LogP contribution in [-0.4, -0.2) is 18.6 Å². The van der Waals surface area contributed by atoms with E-state index in [1.165, 1.54) is 12.1 Å². The number of aromatic nitrogens is 2. The van der Waals surface area contributed by atoms with Crippen molar-refractivity contribution in [3.8, 4) is 0 Å². The summed E-state index contributed by atoms with van der Waals surface area (Å²) in [6, 6.07) is 4.24. The monoisotopic (exact) mass is 283 g/mol. The summed E-state index contributed by atoms with van der Waals surface area (Å²) in [6.45, 7) is 4.93. The van der Waals surface area contributed by atoms with E-state index < -0.39 is 15.8 Å². The van der Waals surface area contributed by atoms with E-state index in [9.17, 15) is 12.8 Å². The number of nitrogens with zero attached hydrogens (tertiary/aromatic N) is 1. The molecule has 2 N–H and O–H groups in total. The molecule has 0 amide bonds. The van der Waals surface area contributed by atoms with Crippen molar-refractivity contribution in [3.05, 3.63) is 41.0 Å². The summed E-state index contributed by atoms with van der Waals surface area (Å²) < 4.78 is 40.3. The van der Waals surface area contributed by atoms with Gasteiger partial charge in [-0.25, -0.2) is 12.8 Å². The number of sulfonamides is 1. The van der Waals surface area contributed by atoms with Crippen molar-refractivity contribution in [3.63, 3.8) is 0 Å². The Kier molecular flexibility index (Phi) is 3.32. The van der Waals surface area contributed by atoms with Crippen LogP contribution in [0.5, 0.6) is 0 Å². The fraction of sp³-hybridized carbons (Fsp3) is 0.250. The van der Waals surface area contributed by atoms with Crippen LogP contribution in [0.3, 0.4) is 0 Å². The van der Waals surface area contributed by atoms with Crippen molar-refractivity contribution in [1.82, 2.24) is 10.2 Å². The third kappa shape index (κ3) is 2.60. The molecule has 1 aromatic carbocycles. The Morgan fingerprint density at radius 2 is 1.95 bits per heavy atom. The number of aromatic amines is 1. The maximum atomic E-state index is 13.6. The van der Waals surface area contributed by atoms with Crippen molar-refractivity contribution in [1.29, 1.82) is 0 Å². The lowest BCUT2D eigenvalue weighted by Gasteiger charge is -2.09. The van der Waals surface area contributed by atoms with Gasteiger partial charge in [-0.3, -0.25) is 9.82 Å². The summed E-state index contributed by atoms with van der Waals surface area (Å²) in [5, 5.41) is 6.42. The van der Waals surface area contributed by atoms with Gasteiger partial charge in [0.15, 0.2) is 0 Å². The molecule has 1 heterocycles. The highest BCUT2D eigenvalue weighted by atomic mass is 32.2. The second-order valence-corrected chi connectivity index (χ2v) is 5.97. The lowest BCUT2D eigenvalue weighted by Crippen LogP contribution is -2.15. The van der Waals surface area contributed by atoms with E-state index in [1.807, 2.05) is 0 Å². The number of halogens is 1. The van der Waals surface area contributed by atoms with Crippen molar-refractivity contribution in [2.24, 2.45) is 0 Å². The van der Waals surface area contributed by atoms with Crippen LogP contribution in [0.15, 0.2) is 23.1 Å². The number of aryl methyl sites for hydroxylation is 3. The number of anilines is 1. The first kappa shape index (κ1) is 13.5. The summed E-state index contributed by atoms with van der Waals surface area (Å²) in [4.78, 5) is 0.0495. The summed E-state index contributed by atoms with van der Waals surface area (Å²) >= 11 is 0. The van der Waals surface area contributed by atoms with Crippen LogP contribution < -0.4 is 4.72 Å². The molecule has 0 saturated carbocycles. The molecule has 0 spiro atoms. The molecule has 2 aromatic rings. The molecule has 7 heteroatoms. The number of rotatable bonds is 3. The highest BCUT2D eigenvalue weighted by Crippen LogP contribution is 2.23. The molecule has 0 atom stereocenters. The normalized spacial score (nSPS) is 11.6. The van der Waals surface area contributed by atoms with Gasteiger partial charge in [0.05, 0.1) is 17.1 Å². The van der Waals surface area contributed by atoms with Gasteiger partial charge in [0.2, 0.25) is 0 Å². The average Bonchev–Trinajstić information content (AvgIpc) is 2.64. The van der Waals surface area contributed by atoms with E-state index in [2.05, 4.69) is 14.9 Å². The smallest absolute Gasteiger partial charge is 0.265 e. The molecule has 102 valence electrons. The molecule has 0 aliphatic heterocycles. The quantitative estimate of drug-likeness (QED) is 0.907. The Bertz CT molecular complexity index is 703. The van der Waals surface area contributed by atoms with Gasteiger partial charge in [0, 0.05) is 0 Å². The Morgan fingerprint density at radius 1 is 1.26 bits per heavy atom. The van der Waals surface area contributed by atoms with E-state index in [0.717, 1.165) is 5.56 Å². The Morgan fingerprint density at radius 3 is 2.53 bits per heavy atom. The standard InChI is InChI=1S/C12H14FN3O2S/c1-7-4-5-10(13)11(6-7)16-19(17,18)12-8(2)14-15-9(12)3/h4-6,16H,1-3H3,(H,14,15). The zero-order valence-corrected chi connectivity index (χ0v) is 11.6. The van der Waals surface area contributed by atoms with Crippen molar-refractivity contribution in [2.75, 3.05) is 4.72 Å². The second kappa shape index (κ2) is 4.65. The zero-order chi connectivity index (χ0) is 14.2. The number of H-pyrrole nitrogens is 1. The number of nitrogens with one attached hydrogen (secondary N) is 2. The number of benzene rings is 1. The summed E-state index contributed by atoms with van der Waals surface area (Å²) in [7, 11) is -3.85. The van der Waals surface area contributed by atoms with Crippen molar-refractivity contribution in [2.45, 2.75) is 25.7 Å². The van der Waals surface area contributed by atoms with Gasteiger partial charge in [-0.05, 0) is 38.5 Å². The molecule has 1 aromatic heterocycles. The van der Waals surface area contributed by atoms with E-state index in [1.54, 1.807) is 26.8 Å². The first-order valence-corrected chi connectivity index (χ1v) is 7.10. The maximum absolute atomic E-state index is 13.6. The largest absolute Gasteiger partial charge is 0.281 e. The molecule has 0 radical (unpaired) electrons. The molecule has 0 bridgehead atoms. The highest BCUT2D eigenvalue weighted by Gasteiger charge is 2.23. The molecule has 0 saturated heterocycles. The van der Waals surface area contributed by atoms with Crippen LogP contribution in [0.1, 0.15) is 17.0 Å². The van der Waals surface area contributed by atoms with Crippen LogP contribution in [0.2, 0.25) is 0 Å². The van der Waals surface area contributed by atoms with E-state index in [0.29, 0.717) is 11.4 Å². The van der Waals surface area contributed by atoms with Crippen LogP contribution in [0.25, 0.3) is 0 Å². The lowest BCUT2D eigenvalue weighted by molar-refractivity contribution is 0.597. The molecule has 2 rings (SSSR count). The van der Waals surface area contributed by atoms with Gasteiger partial charge in [0.25, 0.3) is 10.0 Å². The highest BCUT2D eigenvalue weighted by molar-refractivity contribution is 7.92. The molecule has 0 aliphatic rings. The lowest BCUT2D eigenvalue weighted by atomic mass is 10.2. The summed E-state index contributed by atoms with van der Waals surface area (Å²) in [6.07, 6.45) is 0. The third-order valence-corrected chi connectivity index (χ3v) is 4.32. The van der Waals surface area contributed by atoms with Gasteiger partial charge < -0.3 is 0 Å². The predicted octanol–water partition coefficient (Wildman–Crippen LogP) is 2.27. The topological polar surface area (TPSA) is 74.8 Å². The Hall–Kier alpha value is -1.89. The van der Waals surface area contributed by atoms with E-state index >= 15 is 0 Å². The van der Waals surface area contributed by atoms with E-state index in [4.69, 9.17) is 0 Å².